The van der Waals surface area contributed by atoms with E-state index in [0.717, 1.165) is 28.9 Å². The number of anilines is 1. The molecule has 1 aliphatic heterocycles. The summed E-state index contributed by atoms with van der Waals surface area (Å²) < 4.78 is 0. The smallest absolute Gasteiger partial charge is 0.259 e. The van der Waals surface area contributed by atoms with Crippen LogP contribution in [0.5, 0.6) is 0 Å². The molecule has 0 atom stereocenters. The Kier molecular flexibility index (Phi) is 4.04. The fourth-order valence-corrected chi connectivity index (χ4v) is 2.84. The van der Waals surface area contributed by atoms with Crippen molar-refractivity contribution in [2.45, 2.75) is 13.8 Å². The number of fused-ring (bicyclic) bond motifs is 1. The number of carbonyl (C=O) groups excluding carboxylic acids is 1. The largest absolute Gasteiger partial charge is 0.307 e. The van der Waals surface area contributed by atoms with Gasteiger partial charge >= 0.3 is 0 Å². The fraction of sp³-hybridized carbons (Fsp3) is 0.211. The number of halogens is 1. The molecule has 0 bridgehead atoms. The van der Waals surface area contributed by atoms with Crippen LogP contribution < -0.4 is 4.90 Å². The van der Waals surface area contributed by atoms with Gasteiger partial charge in [-0.2, -0.15) is 0 Å². The third-order valence-electron chi connectivity index (χ3n) is 3.69. The minimum Gasteiger partial charge on any atom is -0.307 e. The van der Waals surface area contributed by atoms with Gasteiger partial charge < -0.3 is 4.90 Å². The van der Waals surface area contributed by atoms with Crippen molar-refractivity contribution in [3.8, 4) is 0 Å². The maximum absolute atomic E-state index is 12.8. The van der Waals surface area contributed by atoms with Gasteiger partial charge in [0.05, 0.1) is 5.69 Å². The first-order chi connectivity index (χ1) is 10.6. The Hall–Kier alpha value is -2.06. The lowest BCUT2D eigenvalue weighted by Gasteiger charge is -2.19. The molecule has 0 fully saturated rings. The number of hydrogen-bond donors (Lipinski definition) is 0. The van der Waals surface area contributed by atoms with E-state index in [4.69, 9.17) is 11.6 Å². The van der Waals surface area contributed by atoms with Crippen molar-refractivity contribution in [1.29, 1.82) is 0 Å². The molecule has 1 amide bonds. The third-order valence-corrected chi connectivity index (χ3v) is 3.94. The lowest BCUT2D eigenvalue weighted by Crippen LogP contribution is -2.30. The Balaban J connectivity index is 2.05. The minimum absolute atomic E-state index is 0.0739. The molecule has 1 aliphatic rings. The monoisotopic (exact) mass is 311 g/mol. The lowest BCUT2D eigenvalue weighted by molar-refractivity contribution is -0.113. The predicted molar refractivity (Wildman–Crippen MR) is 93.0 cm³/mol. The molecule has 0 saturated heterocycles. The minimum atomic E-state index is 0.0739. The molecular formula is C19H18ClNO. The maximum Gasteiger partial charge on any atom is 0.259 e. The van der Waals surface area contributed by atoms with Crippen molar-refractivity contribution in [3.05, 3.63) is 64.7 Å². The molecule has 3 rings (SSSR count). The zero-order valence-corrected chi connectivity index (χ0v) is 13.5. The average Bonchev–Trinajstić information content (AvgIpc) is 2.75. The second-order valence-corrected chi connectivity index (χ2v) is 6.37. The number of hydrogen-bond acceptors (Lipinski definition) is 1. The molecule has 22 heavy (non-hydrogen) atoms. The lowest BCUT2D eigenvalue weighted by atomic mass is 10.0. The van der Waals surface area contributed by atoms with Gasteiger partial charge in [-0.25, -0.2) is 0 Å². The van der Waals surface area contributed by atoms with Crippen molar-refractivity contribution in [1.82, 2.24) is 0 Å². The van der Waals surface area contributed by atoms with Crippen molar-refractivity contribution in [2.24, 2.45) is 5.92 Å². The van der Waals surface area contributed by atoms with Crippen LogP contribution in [-0.4, -0.2) is 12.5 Å². The van der Waals surface area contributed by atoms with E-state index in [9.17, 15) is 4.79 Å². The zero-order valence-electron chi connectivity index (χ0n) is 12.7. The molecule has 3 heteroatoms. The molecule has 1 heterocycles. The summed E-state index contributed by atoms with van der Waals surface area (Å²) in [5, 5.41) is 0.696. The molecule has 0 saturated carbocycles. The molecular weight excluding hydrogens is 294 g/mol. The molecule has 2 aromatic carbocycles. The quantitative estimate of drug-likeness (QED) is 0.740. The van der Waals surface area contributed by atoms with Gasteiger partial charge in [0.1, 0.15) is 0 Å². The first-order valence-corrected chi connectivity index (χ1v) is 7.82. The highest BCUT2D eigenvalue weighted by Gasteiger charge is 2.32. The zero-order chi connectivity index (χ0) is 15.7. The van der Waals surface area contributed by atoms with Gasteiger partial charge in [0.25, 0.3) is 5.91 Å². The van der Waals surface area contributed by atoms with Crippen LogP contribution in [0.25, 0.3) is 11.6 Å². The normalized spacial score (nSPS) is 15.7. The number of rotatable bonds is 3. The summed E-state index contributed by atoms with van der Waals surface area (Å²) in [5.41, 5.74) is 3.73. The molecule has 0 N–H and O–H groups in total. The predicted octanol–water partition coefficient (Wildman–Crippen LogP) is 4.88. The van der Waals surface area contributed by atoms with E-state index in [1.807, 2.05) is 59.5 Å². The first kappa shape index (κ1) is 14.9. The summed E-state index contributed by atoms with van der Waals surface area (Å²) in [6.45, 7) is 4.97. The van der Waals surface area contributed by atoms with Crippen LogP contribution in [0.4, 0.5) is 5.69 Å². The van der Waals surface area contributed by atoms with E-state index in [-0.39, 0.29) is 5.91 Å². The van der Waals surface area contributed by atoms with Crippen LogP contribution in [0.15, 0.2) is 48.5 Å². The van der Waals surface area contributed by atoms with E-state index >= 15 is 0 Å². The molecule has 0 spiro atoms. The van der Waals surface area contributed by atoms with Crippen LogP contribution in [0, 0.1) is 5.92 Å². The highest BCUT2D eigenvalue weighted by atomic mass is 35.5. The topological polar surface area (TPSA) is 20.3 Å². The van der Waals surface area contributed by atoms with Gasteiger partial charge in [-0.1, -0.05) is 55.8 Å². The van der Waals surface area contributed by atoms with Gasteiger partial charge in [-0.05, 0) is 35.8 Å². The number of para-hydroxylation sites is 1. The van der Waals surface area contributed by atoms with E-state index in [2.05, 4.69) is 13.8 Å². The number of carbonyl (C=O) groups is 1. The third kappa shape index (κ3) is 2.79. The average molecular weight is 312 g/mol. The van der Waals surface area contributed by atoms with Crippen LogP contribution >= 0.6 is 11.6 Å². The van der Waals surface area contributed by atoms with Crippen molar-refractivity contribution in [2.75, 3.05) is 11.4 Å². The molecule has 0 radical (unpaired) electrons. The summed E-state index contributed by atoms with van der Waals surface area (Å²) in [4.78, 5) is 14.7. The Morgan fingerprint density at radius 1 is 1.09 bits per heavy atom. The van der Waals surface area contributed by atoms with Gasteiger partial charge in [-0.3, -0.25) is 4.79 Å². The number of amides is 1. The molecule has 2 aromatic rings. The molecule has 0 aromatic heterocycles. The summed E-state index contributed by atoms with van der Waals surface area (Å²) >= 11 is 5.92. The summed E-state index contributed by atoms with van der Waals surface area (Å²) in [6, 6.07) is 15.5. The Labute approximate surface area is 136 Å². The molecule has 112 valence electrons. The second kappa shape index (κ2) is 5.98. The highest BCUT2D eigenvalue weighted by Crippen LogP contribution is 2.38. The number of benzene rings is 2. The SMILES string of the molecule is CC(C)CN1C(=O)/C(=C\c2ccc(Cl)cc2)c2ccccc21. The molecule has 0 unspecified atom stereocenters. The van der Waals surface area contributed by atoms with Crippen molar-refractivity contribution in [3.63, 3.8) is 0 Å². The Morgan fingerprint density at radius 3 is 2.45 bits per heavy atom. The van der Waals surface area contributed by atoms with Crippen LogP contribution in [0.2, 0.25) is 5.02 Å². The summed E-state index contributed by atoms with van der Waals surface area (Å²) in [7, 11) is 0. The summed E-state index contributed by atoms with van der Waals surface area (Å²) in [6.07, 6.45) is 1.94. The van der Waals surface area contributed by atoms with Crippen LogP contribution in [0.3, 0.4) is 0 Å². The Bertz CT molecular complexity index is 731. The fourth-order valence-electron chi connectivity index (χ4n) is 2.72. The van der Waals surface area contributed by atoms with Crippen LogP contribution in [0.1, 0.15) is 25.0 Å². The number of nitrogens with zero attached hydrogens (tertiary/aromatic N) is 1. The second-order valence-electron chi connectivity index (χ2n) is 5.94. The maximum atomic E-state index is 12.8. The molecule has 2 nitrogen and oxygen atoms in total. The van der Waals surface area contributed by atoms with E-state index in [1.165, 1.54) is 0 Å². The van der Waals surface area contributed by atoms with Gasteiger partial charge in [0, 0.05) is 22.7 Å². The van der Waals surface area contributed by atoms with Gasteiger partial charge in [0.15, 0.2) is 0 Å². The summed E-state index contributed by atoms with van der Waals surface area (Å²) in [5.74, 6) is 0.497. The van der Waals surface area contributed by atoms with Gasteiger partial charge in [-0.15, -0.1) is 0 Å². The van der Waals surface area contributed by atoms with Crippen LogP contribution in [-0.2, 0) is 4.79 Å². The first-order valence-electron chi connectivity index (χ1n) is 7.45. The van der Waals surface area contributed by atoms with Gasteiger partial charge in [0.2, 0.25) is 0 Å². The van der Waals surface area contributed by atoms with Crippen molar-refractivity contribution >= 4 is 34.8 Å². The standard InChI is InChI=1S/C19H18ClNO/c1-13(2)12-21-18-6-4-3-5-16(18)17(19(21)22)11-14-7-9-15(20)10-8-14/h3-11,13H,12H2,1-2H3/b17-11-. The van der Waals surface area contributed by atoms with E-state index in [0.29, 0.717) is 10.9 Å². The molecule has 0 aliphatic carbocycles. The Morgan fingerprint density at radius 2 is 1.77 bits per heavy atom. The van der Waals surface area contributed by atoms with E-state index < -0.39 is 0 Å². The highest BCUT2D eigenvalue weighted by molar-refractivity contribution is 6.36. The van der Waals surface area contributed by atoms with Crippen molar-refractivity contribution < 1.29 is 4.79 Å². The van der Waals surface area contributed by atoms with E-state index in [1.54, 1.807) is 0 Å².